The molecule has 0 radical (unpaired) electrons. The molecule has 3 aromatic rings. The lowest BCUT2D eigenvalue weighted by atomic mass is 9.97. The van der Waals surface area contributed by atoms with Gasteiger partial charge in [-0.25, -0.2) is 8.42 Å². The molecule has 1 fully saturated rings. The van der Waals surface area contributed by atoms with E-state index in [1.54, 1.807) is 17.8 Å². The molecule has 1 saturated heterocycles. The topological polar surface area (TPSA) is 66.5 Å². The van der Waals surface area contributed by atoms with E-state index < -0.39 is 10.0 Å². The Hall–Kier alpha value is -2.03. The SMILES string of the molecule is O=C(Nc1ccccc1Sc1ccccc1)C1CCN(S(=O)(=O)c2cc(Cl)ccc2Cl)CC1. The molecule has 33 heavy (non-hydrogen) atoms. The Labute approximate surface area is 208 Å². The Morgan fingerprint density at radius 1 is 0.939 bits per heavy atom. The van der Waals surface area contributed by atoms with Crippen molar-refractivity contribution >= 4 is 56.6 Å². The molecule has 0 bridgehead atoms. The van der Waals surface area contributed by atoms with Crippen molar-refractivity contribution in [2.75, 3.05) is 18.4 Å². The van der Waals surface area contributed by atoms with E-state index in [4.69, 9.17) is 23.2 Å². The number of para-hydroxylation sites is 1. The second-order valence-corrected chi connectivity index (χ2v) is 11.5. The highest BCUT2D eigenvalue weighted by atomic mass is 35.5. The van der Waals surface area contributed by atoms with E-state index in [0.29, 0.717) is 17.9 Å². The summed E-state index contributed by atoms with van der Waals surface area (Å²) in [6, 6.07) is 22.0. The molecule has 1 amide bonds. The van der Waals surface area contributed by atoms with Crippen LogP contribution >= 0.6 is 35.0 Å². The van der Waals surface area contributed by atoms with Gasteiger partial charge in [-0.05, 0) is 55.3 Å². The molecule has 9 heteroatoms. The third-order valence-electron chi connectivity index (χ3n) is 5.45. The van der Waals surface area contributed by atoms with Gasteiger partial charge in [0.25, 0.3) is 0 Å². The molecule has 3 aromatic carbocycles. The summed E-state index contributed by atoms with van der Waals surface area (Å²) in [5, 5.41) is 3.47. The van der Waals surface area contributed by atoms with E-state index >= 15 is 0 Å². The van der Waals surface area contributed by atoms with E-state index in [1.807, 2.05) is 54.6 Å². The number of piperidine rings is 1. The molecule has 0 saturated carbocycles. The van der Waals surface area contributed by atoms with Gasteiger partial charge in [0.05, 0.1) is 10.7 Å². The summed E-state index contributed by atoms with van der Waals surface area (Å²) < 4.78 is 27.4. The molecule has 1 aliphatic rings. The van der Waals surface area contributed by atoms with Crippen molar-refractivity contribution in [2.24, 2.45) is 5.92 Å². The van der Waals surface area contributed by atoms with Gasteiger partial charge in [-0.3, -0.25) is 4.79 Å². The Bertz CT molecular complexity index is 1250. The zero-order valence-electron chi connectivity index (χ0n) is 17.6. The number of nitrogens with one attached hydrogen (secondary N) is 1. The van der Waals surface area contributed by atoms with Crippen LogP contribution in [0.5, 0.6) is 0 Å². The molecule has 0 spiro atoms. The number of amides is 1. The van der Waals surface area contributed by atoms with Crippen molar-refractivity contribution in [1.82, 2.24) is 4.31 Å². The van der Waals surface area contributed by atoms with E-state index in [2.05, 4.69) is 5.32 Å². The van der Waals surface area contributed by atoms with Gasteiger partial charge in [-0.2, -0.15) is 4.31 Å². The molecule has 5 nitrogen and oxygen atoms in total. The highest BCUT2D eigenvalue weighted by Gasteiger charge is 2.33. The van der Waals surface area contributed by atoms with Gasteiger partial charge in [-0.1, -0.05) is 65.3 Å². The lowest BCUT2D eigenvalue weighted by Gasteiger charge is -2.31. The van der Waals surface area contributed by atoms with Crippen LogP contribution in [0.1, 0.15) is 12.8 Å². The molecule has 1 aliphatic heterocycles. The van der Waals surface area contributed by atoms with Crippen LogP contribution in [0.2, 0.25) is 10.0 Å². The number of halogens is 2. The summed E-state index contributed by atoms with van der Waals surface area (Å²) in [5.41, 5.74) is 0.747. The fraction of sp³-hybridized carbons (Fsp3) is 0.208. The predicted octanol–water partition coefficient (Wildman–Crippen LogP) is 6.18. The normalized spacial score (nSPS) is 15.3. The number of benzene rings is 3. The number of hydrogen-bond acceptors (Lipinski definition) is 4. The number of rotatable bonds is 6. The summed E-state index contributed by atoms with van der Waals surface area (Å²) in [7, 11) is -3.78. The molecule has 172 valence electrons. The maximum atomic E-state index is 13.0. The minimum Gasteiger partial charge on any atom is -0.325 e. The number of hydrogen-bond donors (Lipinski definition) is 1. The molecule has 0 unspecified atom stereocenters. The quantitative estimate of drug-likeness (QED) is 0.421. The summed E-state index contributed by atoms with van der Waals surface area (Å²) in [5.74, 6) is -0.380. The van der Waals surface area contributed by atoms with E-state index in [9.17, 15) is 13.2 Å². The zero-order chi connectivity index (χ0) is 23.4. The first-order chi connectivity index (χ1) is 15.8. The molecule has 0 atom stereocenters. The first-order valence-corrected chi connectivity index (χ1v) is 13.4. The van der Waals surface area contributed by atoms with Crippen LogP contribution in [0.3, 0.4) is 0 Å². The summed E-state index contributed by atoms with van der Waals surface area (Å²) in [6.07, 6.45) is 0.856. The minimum absolute atomic E-state index is 0.00793. The minimum atomic E-state index is -3.78. The van der Waals surface area contributed by atoms with Gasteiger partial charge in [0.2, 0.25) is 15.9 Å². The van der Waals surface area contributed by atoms with Gasteiger partial charge in [-0.15, -0.1) is 0 Å². The van der Waals surface area contributed by atoms with E-state index in [-0.39, 0.29) is 34.8 Å². The molecule has 4 rings (SSSR count). The van der Waals surface area contributed by atoms with Gasteiger partial charge in [0, 0.05) is 33.8 Å². The summed E-state index contributed by atoms with van der Waals surface area (Å²) >= 11 is 13.7. The Balaban J connectivity index is 1.41. The van der Waals surface area contributed by atoms with Crippen molar-refractivity contribution in [2.45, 2.75) is 27.5 Å². The average molecular weight is 521 g/mol. The van der Waals surface area contributed by atoms with Crippen molar-refractivity contribution in [3.05, 3.63) is 82.8 Å². The van der Waals surface area contributed by atoms with Crippen LogP contribution in [-0.4, -0.2) is 31.7 Å². The Morgan fingerprint density at radius 3 is 2.33 bits per heavy atom. The molecular weight excluding hydrogens is 499 g/mol. The first-order valence-electron chi connectivity index (χ1n) is 10.4. The van der Waals surface area contributed by atoms with Crippen molar-refractivity contribution in [3.8, 4) is 0 Å². The fourth-order valence-electron chi connectivity index (χ4n) is 3.68. The Morgan fingerprint density at radius 2 is 1.61 bits per heavy atom. The van der Waals surface area contributed by atoms with Crippen molar-refractivity contribution < 1.29 is 13.2 Å². The highest BCUT2D eigenvalue weighted by Crippen LogP contribution is 2.34. The summed E-state index contributed by atoms with van der Waals surface area (Å²) in [4.78, 5) is 15.0. The largest absolute Gasteiger partial charge is 0.325 e. The lowest BCUT2D eigenvalue weighted by Crippen LogP contribution is -2.41. The number of anilines is 1. The second kappa shape index (κ2) is 10.5. The van der Waals surface area contributed by atoms with Crippen LogP contribution in [0.25, 0.3) is 0 Å². The van der Waals surface area contributed by atoms with Gasteiger partial charge in [0.1, 0.15) is 4.90 Å². The molecule has 0 aliphatic carbocycles. The number of carbonyl (C=O) groups excluding carboxylic acids is 1. The van der Waals surface area contributed by atoms with Crippen molar-refractivity contribution in [1.29, 1.82) is 0 Å². The predicted molar refractivity (Wildman–Crippen MR) is 134 cm³/mol. The van der Waals surface area contributed by atoms with Crippen LogP contribution in [0.4, 0.5) is 5.69 Å². The average Bonchev–Trinajstić information content (AvgIpc) is 2.82. The number of carbonyl (C=O) groups is 1. The monoisotopic (exact) mass is 520 g/mol. The van der Waals surface area contributed by atoms with Gasteiger partial charge >= 0.3 is 0 Å². The Kier molecular flexibility index (Phi) is 7.66. The first kappa shape index (κ1) is 24.1. The number of nitrogens with zero attached hydrogens (tertiary/aromatic N) is 1. The van der Waals surface area contributed by atoms with E-state index in [0.717, 1.165) is 15.5 Å². The maximum absolute atomic E-state index is 13.0. The third-order valence-corrected chi connectivity index (χ3v) is 9.15. The van der Waals surface area contributed by atoms with Crippen molar-refractivity contribution in [3.63, 3.8) is 0 Å². The zero-order valence-corrected chi connectivity index (χ0v) is 20.7. The fourth-order valence-corrected chi connectivity index (χ4v) is 6.81. The molecule has 0 aromatic heterocycles. The standard InChI is InChI=1S/C24H22Cl2N2O3S2/c25-18-10-11-20(26)23(16-18)33(30,31)28-14-12-17(13-15-28)24(29)27-21-8-4-5-9-22(21)32-19-6-2-1-3-7-19/h1-11,16-17H,12-15H2,(H,27,29). The van der Waals surface area contributed by atoms with Crippen LogP contribution in [-0.2, 0) is 14.8 Å². The number of sulfonamides is 1. The van der Waals surface area contributed by atoms with Crippen LogP contribution < -0.4 is 5.32 Å². The summed E-state index contributed by atoms with van der Waals surface area (Å²) in [6.45, 7) is 0.480. The van der Waals surface area contributed by atoms with Crippen LogP contribution in [0, 0.1) is 5.92 Å². The second-order valence-electron chi connectivity index (χ2n) is 7.65. The smallest absolute Gasteiger partial charge is 0.244 e. The third kappa shape index (κ3) is 5.73. The lowest BCUT2D eigenvalue weighted by molar-refractivity contribution is -0.120. The van der Waals surface area contributed by atoms with Gasteiger partial charge < -0.3 is 5.32 Å². The molecule has 1 heterocycles. The van der Waals surface area contributed by atoms with Gasteiger partial charge in [0.15, 0.2) is 0 Å². The van der Waals surface area contributed by atoms with E-state index in [1.165, 1.54) is 16.4 Å². The highest BCUT2D eigenvalue weighted by molar-refractivity contribution is 7.99. The molecular formula is C24H22Cl2N2O3S2. The maximum Gasteiger partial charge on any atom is 0.244 e. The molecule has 1 N–H and O–H groups in total. The van der Waals surface area contributed by atoms with Crippen LogP contribution in [0.15, 0.2) is 87.5 Å².